The molecule has 1 aliphatic heterocycles. The van der Waals surface area contributed by atoms with Crippen molar-refractivity contribution in [3.8, 4) is 0 Å². The number of nitrogens with zero attached hydrogens (tertiary/aromatic N) is 2. The van der Waals surface area contributed by atoms with E-state index in [1.165, 1.54) is 20.8 Å². The molecule has 6 nitrogen and oxygen atoms in total. The summed E-state index contributed by atoms with van der Waals surface area (Å²) in [5, 5.41) is 3.55. The Morgan fingerprint density at radius 3 is 3.04 bits per heavy atom. The lowest BCUT2D eigenvalue weighted by Crippen LogP contribution is -2.46. The Kier molecular flexibility index (Phi) is 2.74. The van der Waals surface area contributed by atoms with Crippen molar-refractivity contribution in [2.75, 3.05) is 11.8 Å². The van der Waals surface area contributed by atoms with Gasteiger partial charge in [0.2, 0.25) is 0 Å². The summed E-state index contributed by atoms with van der Waals surface area (Å²) in [4.78, 5) is 31.0. The molecular formula is C20H21N3O3S. The van der Waals surface area contributed by atoms with E-state index in [0.29, 0.717) is 21.0 Å². The van der Waals surface area contributed by atoms with Crippen LogP contribution in [-0.2, 0) is 4.74 Å². The lowest BCUT2D eigenvalue weighted by atomic mass is 10.1. The minimum Gasteiger partial charge on any atom is -0.443 e. The molecule has 2 amide bonds. The fraction of sp³-hybridized carbons (Fsp3) is 0.350. The molecule has 7 heteroatoms. The smallest absolute Gasteiger partial charge is 0.417 e. The molecule has 1 aliphatic rings. The molecule has 3 aromatic rings. The van der Waals surface area contributed by atoms with Crippen molar-refractivity contribution in [2.24, 2.45) is 0 Å². The highest BCUT2D eigenvalue weighted by Crippen LogP contribution is 2.41. The molecule has 1 unspecified atom stereocenters. The van der Waals surface area contributed by atoms with Crippen molar-refractivity contribution in [3.05, 3.63) is 35.3 Å². The number of hydrogen-bond donors (Lipinski definition) is 1. The average molecular weight is 390 g/mol. The molecular weight excluding hydrogens is 362 g/mol. The van der Waals surface area contributed by atoms with Gasteiger partial charge in [-0.1, -0.05) is 6.07 Å². The highest BCUT2D eigenvalue weighted by molar-refractivity contribution is 7.21. The van der Waals surface area contributed by atoms with E-state index in [4.69, 9.17) is 13.0 Å². The van der Waals surface area contributed by atoms with Gasteiger partial charge < -0.3 is 10.1 Å². The summed E-state index contributed by atoms with van der Waals surface area (Å²) in [6.45, 7) is -1.93. The maximum Gasteiger partial charge on any atom is 0.417 e. The number of amides is 2. The minimum absolute atomic E-state index is 0.00975. The van der Waals surface area contributed by atoms with Crippen LogP contribution in [0.15, 0.2) is 30.5 Å². The number of aromatic nitrogens is 1. The van der Waals surface area contributed by atoms with Crippen LogP contribution in [0.3, 0.4) is 0 Å². The van der Waals surface area contributed by atoms with Crippen LogP contribution >= 0.6 is 11.3 Å². The second-order valence-corrected chi connectivity index (χ2v) is 8.09. The van der Waals surface area contributed by atoms with Crippen LogP contribution in [0, 0.1) is 0 Å². The number of benzene rings is 1. The van der Waals surface area contributed by atoms with Gasteiger partial charge in [0.25, 0.3) is 5.91 Å². The van der Waals surface area contributed by atoms with Crippen molar-refractivity contribution in [3.63, 3.8) is 0 Å². The highest BCUT2D eigenvalue weighted by Gasteiger charge is 2.37. The SMILES string of the molecule is [2H]C([2H])([2H])C1([2H])N(C(=O)OC(C)(C)C)C(=O)c2sc3ccc4ncccc4c3c2NC1([2H])[2H]. The largest absolute Gasteiger partial charge is 0.443 e. The maximum absolute atomic E-state index is 13.7. The predicted octanol–water partition coefficient (Wildman–Crippen LogP) is 4.64. The Hall–Kier alpha value is -2.67. The Morgan fingerprint density at radius 1 is 1.48 bits per heavy atom. The van der Waals surface area contributed by atoms with Gasteiger partial charge in [-0.15, -0.1) is 11.3 Å². The van der Waals surface area contributed by atoms with Gasteiger partial charge in [0.1, 0.15) is 10.5 Å². The molecule has 27 heavy (non-hydrogen) atoms. The molecule has 0 fully saturated rings. The molecule has 140 valence electrons. The number of imide groups is 1. The fourth-order valence-electron chi connectivity index (χ4n) is 2.88. The number of fused-ring (bicyclic) bond motifs is 5. The number of pyridine rings is 1. The summed E-state index contributed by atoms with van der Waals surface area (Å²) < 4.78 is 55.5. The van der Waals surface area contributed by atoms with E-state index in [1.807, 2.05) is 0 Å². The second-order valence-electron chi connectivity index (χ2n) is 7.03. The van der Waals surface area contributed by atoms with Crippen LogP contribution in [-0.4, -0.2) is 40.0 Å². The monoisotopic (exact) mass is 389 g/mol. The molecule has 3 heterocycles. The average Bonchev–Trinajstić information content (AvgIpc) is 3.01. The first-order chi connectivity index (χ1) is 15.1. The third-order valence-corrected chi connectivity index (χ3v) is 5.08. The maximum atomic E-state index is 13.7. The molecule has 0 radical (unpaired) electrons. The Bertz CT molecular complexity index is 1300. The number of thiophene rings is 1. The van der Waals surface area contributed by atoms with Crippen molar-refractivity contribution >= 4 is 50.0 Å². The number of carbonyl (C=O) groups is 2. The Morgan fingerprint density at radius 2 is 2.30 bits per heavy atom. The first-order valence-corrected chi connectivity index (χ1v) is 9.06. The summed E-state index contributed by atoms with van der Waals surface area (Å²) >= 11 is 0.964. The zero-order valence-corrected chi connectivity index (χ0v) is 15.7. The Labute approximate surface area is 169 Å². The van der Waals surface area contributed by atoms with E-state index in [2.05, 4.69) is 10.3 Å². The topological polar surface area (TPSA) is 71.5 Å². The third kappa shape index (κ3) is 3.02. The van der Waals surface area contributed by atoms with Gasteiger partial charge in [-0.25, -0.2) is 9.69 Å². The summed E-state index contributed by atoms with van der Waals surface area (Å²) in [7, 11) is 0. The first kappa shape index (κ1) is 11.9. The van der Waals surface area contributed by atoms with Crippen LogP contribution < -0.4 is 5.32 Å². The number of carbonyl (C=O) groups excluding carboxylic acids is 2. The van der Waals surface area contributed by atoms with Crippen molar-refractivity contribution < 1.29 is 22.6 Å². The molecule has 0 spiro atoms. The van der Waals surface area contributed by atoms with Crippen molar-refractivity contribution in [1.82, 2.24) is 9.88 Å². The summed E-state index contributed by atoms with van der Waals surface area (Å²) in [5.41, 5.74) is -0.526. The van der Waals surface area contributed by atoms with Gasteiger partial charge in [0.15, 0.2) is 0 Å². The Balaban J connectivity index is 2.05. The number of ether oxygens (including phenoxy) is 1. The van der Waals surface area contributed by atoms with Gasteiger partial charge in [-0.3, -0.25) is 9.78 Å². The number of anilines is 1. The lowest BCUT2D eigenvalue weighted by Gasteiger charge is -2.28. The zero-order chi connectivity index (χ0) is 24.6. The van der Waals surface area contributed by atoms with Crippen LogP contribution in [0.4, 0.5) is 10.5 Å². The van der Waals surface area contributed by atoms with Crippen molar-refractivity contribution in [1.29, 1.82) is 0 Å². The quantitative estimate of drug-likeness (QED) is 0.606. The molecule has 4 rings (SSSR count). The van der Waals surface area contributed by atoms with Gasteiger partial charge >= 0.3 is 6.09 Å². The van der Waals surface area contributed by atoms with Gasteiger partial charge in [-0.05, 0) is 45.8 Å². The van der Waals surface area contributed by atoms with Gasteiger partial charge in [-0.2, -0.15) is 0 Å². The number of rotatable bonds is 0. The van der Waals surface area contributed by atoms with Crippen LogP contribution in [0.2, 0.25) is 0 Å². The molecule has 1 aromatic carbocycles. The number of hydrogen-bond acceptors (Lipinski definition) is 6. The van der Waals surface area contributed by atoms with Gasteiger partial charge in [0, 0.05) is 32.3 Å². The highest BCUT2D eigenvalue weighted by atomic mass is 32.1. The molecule has 0 aliphatic carbocycles. The zero-order valence-electron chi connectivity index (χ0n) is 20.9. The van der Waals surface area contributed by atoms with E-state index in [-0.39, 0.29) is 15.5 Å². The minimum atomic E-state index is -3.41. The van der Waals surface area contributed by atoms with E-state index >= 15 is 0 Å². The van der Waals surface area contributed by atoms with Crippen LogP contribution in [0.1, 0.15) is 45.5 Å². The fourth-order valence-corrected chi connectivity index (χ4v) is 3.99. The molecule has 2 aromatic heterocycles. The van der Waals surface area contributed by atoms with Crippen LogP contribution in [0.25, 0.3) is 21.0 Å². The van der Waals surface area contributed by atoms with Crippen LogP contribution in [0.5, 0.6) is 0 Å². The molecule has 1 atom stereocenters. The molecule has 0 bridgehead atoms. The molecule has 1 N–H and O–H groups in total. The van der Waals surface area contributed by atoms with E-state index in [0.717, 1.165) is 11.3 Å². The standard InChI is InChI=1S/C20H21N3O3S/c1-11-10-22-16-15-12-6-5-9-21-13(12)7-8-14(15)27-17(16)18(24)23(11)19(25)26-20(2,3)4/h5-9,11,22H,10H2,1-4H3/i1D3,10D2,11D. The second kappa shape index (κ2) is 6.20. The summed E-state index contributed by atoms with van der Waals surface area (Å²) in [6, 6.07) is 3.56. The predicted molar refractivity (Wildman–Crippen MR) is 107 cm³/mol. The summed E-state index contributed by atoms with van der Waals surface area (Å²) in [5.74, 6) is -1.13. The number of nitrogens with one attached hydrogen (secondary N) is 1. The van der Waals surface area contributed by atoms with Gasteiger partial charge in [0.05, 0.1) is 21.3 Å². The van der Waals surface area contributed by atoms with E-state index in [9.17, 15) is 9.59 Å². The van der Waals surface area contributed by atoms with Crippen molar-refractivity contribution in [2.45, 2.75) is 39.2 Å². The lowest BCUT2D eigenvalue weighted by molar-refractivity contribution is 0.0192. The van der Waals surface area contributed by atoms with E-state index < -0.39 is 37.0 Å². The summed E-state index contributed by atoms with van der Waals surface area (Å²) in [6.07, 6.45) is 0.172. The van der Waals surface area contributed by atoms with E-state index in [1.54, 1.807) is 30.5 Å². The molecule has 0 saturated carbocycles. The first-order valence-electron chi connectivity index (χ1n) is 11.2. The molecule has 0 saturated heterocycles. The third-order valence-electron chi connectivity index (χ3n) is 3.94. The normalized spacial score (nSPS) is 25.9.